The minimum absolute atomic E-state index is 0.676. The van der Waals surface area contributed by atoms with Crippen LogP contribution in [0.2, 0.25) is 0 Å². The van der Waals surface area contributed by atoms with E-state index in [-0.39, 0.29) is 0 Å². The first-order chi connectivity index (χ1) is 5.38. The normalized spacial score (nSPS) is 16.0. The summed E-state index contributed by atoms with van der Waals surface area (Å²) in [6.07, 6.45) is 2.85. The quantitative estimate of drug-likeness (QED) is 0.497. The van der Waals surface area contributed by atoms with Crippen LogP contribution in [-0.2, 0) is 13.0 Å². The first kappa shape index (κ1) is 6.86. The average molecular weight is 144 g/mol. The molecule has 54 valence electrons. The number of hydrogen-bond donors (Lipinski definition) is 1. The predicted octanol–water partition coefficient (Wildman–Crippen LogP) is -0.479. The highest BCUT2D eigenvalue weighted by atomic mass is 14.9. The molecule has 0 fully saturated rings. The first-order valence-corrected chi connectivity index (χ1v) is 3.81. The van der Waals surface area contributed by atoms with Crippen LogP contribution >= 0.6 is 0 Å². The predicted molar refractivity (Wildman–Crippen MR) is 45.0 cm³/mol. The Morgan fingerprint density at radius 3 is 3.27 bits per heavy atom. The van der Waals surface area contributed by atoms with Crippen molar-refractivity contribution in [3.8, 4) is 0 Å². The minimum Gasteiger partial charge on any atom is -0.312 e. The lowest BCUT2D eigenvalue weighted by Gasteiger charge is -2.18. The summed E-state index contributed by atoms with van der Waals surface area (Å²) < 4.78 is 0. The van der Waals surface area contributed by atoms with Crippen molar-refractivity contribution in [2.75, 3.05) is 6.54 Å². The van der Waals surface area contributed by atoms with E-state index in [2.05, 4.69) is 10.3 Å². The fourth-order valence-corrected chi connectivity index (χ4v) is 1.43. The Morgan fingerprint density at radius 1 is 1.55 bits per heavy atom. The second kappa shape index (κ2) is 2.66. The maximum atomic E-state index is 5.69. The lowest BCUT2D eigenvalue weighted by Crippen LogP contribution is -2.30. The molecule has 1 aliphatic heterocycles. The fourth-order valence-electron chi connectivity index (χ4n) is 1.43. The van der Waals surface area contributed by atoms with Crippen molar-refractivity contribution in [2.24, 2.45) is 0 Å². The van der Waals surface area contributed by atoms with Crippen molar-refractivity contribution in [1.29, 1.82) is 0 Å². The highest BCUT2D eigenvalue weighted by Gasteiger charge is 2.09. The van der Waals surface area contributed by atoms with E-state index in [1.165, 1.54) is 11.1 Å². The SMILES string of the molecule is [B]c1nccc2c1CNCC2. The number of aromatic nitrogens is 1. The molecule has 0 bridgehead atoms. The Morgan fingerprint density at radius 2 is 2.45 bits per heavy atom. The van der Waals surface area contributed by atoms with Gasteiger partial charge in [0.1, 0.15) is 7.85 Å². The Hall–Kier alpha value is -0.825. The van der Waals surface area contributed by atoms with Gasteiger partial charge in [0.2, 0.25) is 0 Å². The van der Waals surface area contributed by atoms with Crippen molar-refractivity contribution in [2.45, 2.75) is 13.0 Å². The van der Waals surface area contributed by atoms with Crippen molar-refractivity contribution < 1.29 is 0 Å². The molecule has 0 atom stereocenters. The molecule has 2 rings (SSSR count). The zero-order valence-electron chi connectivity index (χ0n) is 6.30. The van der Waals surface area contributed by atoms with E-state index in [1.54, 1.807) is 6.20 Å². The van der Waals surface area contributed by atoms with E-state index >= 15 is 0 Å². The summed E-state index contributed by atoms with van der Waals surface area (Å²) in [6.45, 7) is 1.92. The molecule has 11 heavy (non-hydrogen) atoms. The third kappa shape index (κ3) is 1.16. The molecule has 2 radical (unpaired) electrons. The lowest BCUT2D eigenvalue weighted by molar-refractivity contribution is 0.644. The van der Waals surface area contributed by atoms with Crippen molar-refractivity contribution in [1.82, 2.24) is 10.3 Å². The summed E-state index contributed by atoms with van der Waals surface area (Å²) in [5, 5.41) is 3.26. The van der Waals surface area contributed by atoms with E-state index in [4.69, 9.17) is 7.85 Å². The average Bonchev–Trinajstić information content (AvgIpc) is 2.06. The van der Waals surface area contributed by atoms with Crippen LogP contribution in [-0.4, -0.2) is 19.4 Å². The third-order valence-corrected chi connectivity index (χ3v) is 2.06. The van der Waals surface area contributed by atoms with Crippen LogP contribution in [0.3, 0.4) is 0 Å². The van der Waals surface area contributed by atoms with E-state index in [9.17, 15) is 0 Å². The van der Waals surface area contributed by atoms with Crippen LogP contribution in [0, 0.1) is 0 Å². The van der Waals surface area contributed by atoms with Crippen molar-refractivity contribution in [3.63, 3.8) is 0 Å². The van der Waals surface area contributed by atoms with Crippen LogP contribution in [0.15, 0.2) is 12.3 Å². The molecule has 1 aromatic rings. The Bertz CT molecular complexity index is 273. The van der Waals surface area contributed by atoms with Gasteiger partial charge < -0.3 is 5.32 Å². The van der Waals surface area contributed by atoms with Crippen molar-refractivity contribution >= 4 is 13.4 Å². The molecule has 0 aromatic carbocycles. The zero-order valence-corrected chi connectivity index (χ0v) is 6.30. The van der Waals surface area contributed by atoms with Gasteiger partial charge in [0.25, 0.3) is 0 Å². The van der Waals surface area contributed by atoms with Gasteiger partial charge in [-0.3, -0.25) is 4.98 Å². The Balaban J connectivity index is 2.49. The molecule has 1 N–H and O–H groups in total. The maximum Gasteiger partial charge on any atom is 0.142 e. The van der Waals surface area contributed by atoms with Gasteiger partial charge in [0, 0.05) is 12.7 Å². The van der Waals surface area contributed by atoms with Gasteiger partial charge in [-0.2, -0.15) is 0 Å². The van der Waals surface area contributed by atoms with Crippen LogP contribution in [0.4, 0.5) is 0 Å². The molecule has 0 unspecified atom stereocenters. The number of fused-ring (bicyclic) bond motifs is 1. The summed E-state index contributed by atoms with van der Waals surface area (Å²) in [6, 6.07) is 2.05. The molecule has 2 nitrogen and oxygen atoms in total. The number of nitrogens with one attached hydrogen (secondary N) is 1. The monoisotopic (exact) mass is 144 g/mol. The zero-order chi connectivity index (χ0) is 7.68. The fraction of sp³-hybridized carbons (Fsp3) is 0.375. The molecule has 3 heteroatoms. The Labute approximate surface area is 67.4 Å². The van der Waals surface area contributed by atoms with Gasteiger partial charge in [-0.1, -0.05) is 0 Å². The summed E-state index contributed by atoms with van der Waals surface area (Å²) in [5.74, 6) is 0. The Kier molecular flexibility index (Phi) is 1.66. The molecule has 0 saturated carbocycles. The standard InChI is InChI=1S/C8H9BN2/c9-8-7-5-10-3-1-6(7)2-4-11-8/h2,4,10H,1,3,5H2. The van der Waals surface area contributed by atoms with Crippen molar-refractivity contribution in [3.05, 3.63) is 23.4 Å². The molecule has 0 amide bonds. The number of hydrogen-bond acceptors (Lipinski definition) is 2. The topological polar surface area (TPSA) is 24.9 Å². The molecular formula is C8H9BN2. The van der Waals surface area contributed by atoms with Gasteiger partial charge in [0.15, 0.2) is 0 Å². The van der Waals surface area contributed by atoms with Crippen LogP contribution < -0.4 is 10.9 Å². The van der Waals surface area contributed by atoms with Gasteiger partial charge in [-0.25, -0.2) is 0 Å². The minimum atomic E-state index is 0.676. The highest BCUT2D eigenvalue weighted by molar-refractivity contribution is 6.31. The molecule has 1 aromatic heterocycles. The first-order valence-electron chi connectivity index (χ1n) is 3.81. The number of nitrogens with zero attached hydrogens (tertiary/aromatic N) is 1. The summed E-state index contributed by atoms with van der Waals surface area (Å²) in [4.78, 5) is 4.03. The van der Waals surface area contributed by atoms with E-state index in [0.717, 1.165) is 19.5 Å². The van der Waals surface area contributed by atoms with Gasteiger partial charge in [-0.15, -0.1) is 0 Å². The largest absolute Gasteiger partial charge is 0.312 e. The van der Waals surface area contributed by atoms with Crippen LogP contribution in [0.25, 0.3) is 0 Å². The lowest BCUT2D eigenvalue weighted by atomic mass is 9.91. The van der Waals surface area contributed by atoms with Gasteiger partial charge in [-0.05, 0) is 35.8 Å². The molecular weight excluding hydrogens is 135 g/mol. The van der Waals surface area contributed by atoms with E-state index in [0.29, 0.717) is 5.59 Å². The van der Waals surface area contributed by atoms with E-state index in [1.807, 2.05) is 6.07 Å². The van der Waals surface area contributed by atoms with Gasteiger partial charge in [0.05, 0.1) is 0 Å². The third-order valence-electron chi connectivity index (χ3n) is 2.06. The smallest absolute Gasteiger partial charge is 0.142 e. The second-order valence-corrected chi connectivity index (χ2v) is 2.76. The maximum absolute atomic E-state index is 5.69. The summed E-state index contributed by atoms with van der Waals surface area (Å²) >= 11 is 0. The molecule has 0 spiro atoms. The van der Waals surface area contributed by atoms with Gasteiger partial charge >= 0.3 is 0 Å². The molecule has 0 saturated heterocycles. The number of pyridine rings is 1. The van der Waals surface area contributed by atoms with Crippen LogP contribution in [0.5, 0.6) is 0 Å². The highest BCUT2D eigenvalue weighted by Crippen LogP contribution is 2.08. The number of rotatable bonds is 0. The summed E-state index contributed by atoms with van der Waals surface area (Å²) in [5.41, 5.74) is 3.20. The molecule has 0 aliphatic carbocycles. The second-order valence-electron chi connectivity index (χ2n) is 2.76. The molecule has 1 aliphatic rings. The summed E-state index contributed by atoms with van der Waals surface area (Å²) in [7, 11) is 5.69. The van der Waals surface area contributed by atoms with Crippen LogP contribution in [0.1, 0.15) is 11.1 Å². The molecule has 2 heterocycles. The van der Waals surface area contributed by atoms with E-state index < -0.39 is 0 Å².